The molecule has 0 saturated heterocycles. The van der Waals surface area contributed by atoms with E-state index in [4.69, 9.17) is 4.74 Å². The molecular weight excluding hydrogens is 214 g/mol. The Labute approximate surface area is 101 Å². The van der Waals surface area contributed by atoms with E-state index in [1.807, 2.05) is 19.1 Å². The van der Waals surface area contributed by atoms with Crippen LogP contribution in [0.1, 0.15) is 30.3 Å². The average Bonchev–Trinajstić information content (AvgIpc) is 2.73. The van der Waals surface area contributed by atoms with E-state index >= 15 is 0 Å². The van der Waals surface area contributed by atoms with Crippen LogP contribution in [0, 0.1) is 13.8 Å². The number of aromatic nitrogens is 3. The van der Waals surface area contributed by atoms with Crippen LogP contribution in [0.3, 0.4) is 0 Å². The number of aromatic amines is 1. The molecule has 1 aromatic carbocycles. The van der Waals surface area contributed by atoms with Crippen LogP contribution in [-0.4, -0.2) is 15.2 Å². The summed E-state index contributed by atoms with van der Waals surface area (Å²) in [5.74, 6) is 1.62. The number of aryl methyl sites for hydroxylation is 2. The van der Waals surface area contributed by atoms with E-state index < -0.39 is 0 Å². The van der Waals surface area contributed by atoms with Crippen molar-refractivity contribution in [2.24, 2.45) is 0 Å². The third kappa shape index (κ3) is 2.64. The first-order chi connectivity index (χ1) is 8.20. The van der Waals surface area contributed by atoms with Crippen LogP contribution < -0.4 is 4.74 Å². The first-order valence-corrected chi connectivity index (χ1v) is 5.86. The highest BCUT2D eigenvalue weighted by molar-refractivity contribution is 5.39. The predicted octanol–water partition coefficient (Wildman–Crippen LogP) is 3.17. The van der Waals surface area contributed by atoms with Gasteiger partial charge in [-0.2, -0.15) is 10.1 Å². The second-order valence-electron chi connectivity index (χ2n) is 4.11. The molecular formula is C13H17N3O. The normalized spacial score (nSPS) is 10.5. The van der Waals surface area contributed by atoms with Gasteiger partial charge in [-0.1, -0.05) is 19.1 Å². The lowest BCUT2D eigenvalue weighted by atomic mass is 10.1. The number of nitrogens with one attached hydrogen (secondary N) is 1. The summed E-state index contributed by atoms with van der Waals surface area (Å²) >= 11 is 0. The standard InChI is InChI=1S/C13H17N3O/c1-4-6-12-14-13(16-15-12)17-11-8-5-7-9(2)10(11)3/h5,7-8H,4,6H2,1-3H3,(H,14,15,16). The molecule has 0 amide bonds. The zero-order valence-electron chi connectivity index (χ0n) is 10.4. The molecule has 1 N–H and O–H groups in total. The molecule has 1 heterocycles. The summed E-state index contributed by atoms with van der Waals surface area (Å²) in [5.41, 5.74) is 2.33. The van der Waals surface area contributed by atoms with Crippen LogP contribution in [0.4, 0.5) is 0 Å². The summed E-state index contributed by atoms with van der Waals surface area (Å²) in [6.45, 7) is 6.20. The Balaban J connectivity index is 2.16. The van der Waals surface area contributed by atoms with Crippen LogP contribution in [0.25, 0.3) is 0 Å². The smallest absolute Gasteiger partial charge is 0.317 e. The minimum Gasteiger partial charge on any atom is -0.424 e. The van der Waals surface area contributed by atoms with Gasteiger partial charge in [-0.3, -0.25) is 0 Å². The molecule has 0 fully saturated rings. The Morgan fingerprint density at radius 2 is 2.12 bits per heavy atom. The average molecular weight is 231 g/mol. The lowest BCUT2D eigenvalue weighted by molar-refractivity contribution is 0.440. The van der Waals surface area contributed by atoms with Gasteiger partial charge in [0.1, 0.15) is 5.75 Å². The van der Waals surface area contributed by atoms with Gasteiger partial charge in [0.15, 0.2) is 5.82 Å². The second-order valence-corrected chi connectivity index (χ2v) is 4.11. The SMILES string of the molecule is CCCc1n[nH]c(Oc2cccc(C)c2C)n1. The number of hydrogen-bond acceptors (Lipinski definition) is 3. The van der Waals surface area contributed by atoms with Gasteiger partial charge < -0.3 is 4.74 Å². The Kier molecular flexibility index (Phi) is 3.42. The first-order valence-electron chi connectivity index (χ1n) is 5.86. The van der Waals surface area contributed by atoms with Crippen LogP contribution in [0.15, 0.2) is 18.2 Å². The number of H-pyrrole nitrogens is 1. The van der Waals surface area contributed by atoms with Crippen molar-refractivity contribution in [3.8, 4) is 11.8 Å². The van der Waals surface area contributed by atoms with E-state index in [1.54, 1.807) is 0 Å². The highest BCUT2D eigenvalue weighted by atomic mass is 16.5. The molecule has 0 spiro atoms. The van der Waals surface area contributed by atoms with Crippen molar-refractivity contribution in [3.63, 3.8) is 0 Å². The van der Waals surface area contributed by atoms with Gasteiger partial charge in [-0.05, 0) is 37.5 Å². The molecule has 2 rings (SSSR count). The van der Waals surface area contributed by atoms with Crippen LogP contribution in [0.5, 0.6) is 11.8 Å². The predicted molar refractivity (Wildman–Crippen MR) is 66.4 cm³/mol. The lowest BCUT2D eigenvalue weighted by Crippen LogP contribution is -1.91. The third-order valence-electron chi connectivity index (χ3n) is 2.75. The fourth-order valence-electron chi connectivity index (χ4n) is 1.60. The van der Waals surface area contributed by atoms with Crippen molar-refractivity contribution >= 4 is 0 Å². The largest absolute Gasteiger partial charge is 0.424 e. The summed E-state index contributed by atoms with van der Waals surface area (Å²) in [6, 6.07) is 6.43. The van der Waals surface area contributed by atoms with Crippen LogP contribution in [-0.2, 0) is 6.42 Å². The number of benzene rings is 1. The van der Waals surface area contributed by atoms with Gasteiger partial charge in [0.2, 0.25) is 0 Å². The quantitative estimate of drug-likeness (QED) is 0.879. The van der Waals surface area contributed by atoms with Gasteiger partial charge in [0.05, 0.1) is 0 Å². The van der Waals surface area contributed by atoms with Crippen molar-refractivity contribution in [3.05, 3.63) is 35.2 Å². The summed E-state index contributed by atoms with van der Waals surface area (Å²) in [4.78, 5) is 4.28. The zero-order valence-corrected chi connectivity index (χ0v) is 10.4. The van der Waals surface area contributed by atoms with Crippen molar-refractivity contribution in [1.29, 1.82) is 0 Å². The van der Waals surface area contributed by atoms with Crippen molar-refractivity contribution in [2.75, 3.05) is 0 Å². The van der Waals surface area contributed by atoms with E-state index in [0.29, 0.717) is 6.01 Å². The van der Waals surface area contributed by atoms with Gasteiger partial charge in [0, 0.05) is 6.42 Å². The number of rotatable bonds is 4. The molecule has 0 bridgehead atoms. The number of nitrogens with zero attached hydrogens (tertiary/aromatic N) is 2. The van der Waals surface area contributed by atoms with E-state index in [2.05, 4.69) is 35.1 Å². The number of hydrogen-bond donors (Lipinski definition) is 1. The molecule has 17 heavy (non-hydrogen) atoms. The molecule has 90 valence electrons. The van der Waals surface area contributed by atoms with E-state index in [1.165, 1.54) is 5.56 Å². The molecule has 0 aliphatic heterocycles. The molecule has 0 aliphatic carbocycles. The van der Waals surface area contributed by atoms with Gasteiger partial charge in [0.25, 0.3) is 0 Å². The van der Waals surface area contributed by atoms with Crippen LogP contribution >= 0.6 is 0 Å². The molecule has 0 aliphatic rings. The zero-order chi connectivity index (χ0) is 12.3. The molecule has 4 heteroatoms. The summed E-state index contributed by atoms with van der Waals surface area (Å²) in [6.07, 6.45) is 1.90. The Hall–Kier alpha value is -1.84. The minimum atomic E-state index is 0.460. The fraction of sp³-hybridized carbons (Fsp3) is 0.385. The molecule has 0 atom stereocenters. The lowest BCUT2D eigenvalue weighted by Gasteiger charge is -2.07. The topological polar surface area (TPSA) is 50.8 Å². The maximum atomic E-state index is 5.69. The molecule has 0 saturated carbocycles. The Morgan fingerprint density at radius 1 is 1.29 bits per heavy atom. The monoisotopic (exact) mass is 231 g/mol. The molecule has 0 radical (unpaired) electrons. The number of ether oxygens (including phenoxy) is 1. The molecule has 4 nitrogen and oxygen atoms in total. The maximum Gasteiger partial charge on any atom is 0.317 e. The summed E-state index contributed by atoms with van der Waals surface area (Å²) < 4.78 is 5.69. The van der Waals surface area contributed by atoms with Crippen LogP contribution in [0.2, 0.25) is 0 Å². The summed E-state index contributed by atoms with van der Waals surface area (Å²) in [7, 11) is 0. The Bertz CT molecular complexity index is 505. The minimum absolute atomic E-state index is 0.460. The van der Waals surface area contributed by atoms with Gasteiger partial charge >= 0.3 is 6.01 Å². The maximum absolute atomic E-state index is 5.69. The van der Waals surface area contributed by atoms with E-state index in [-0.39, 0.29) is 0 Å². The van der Waals surface area contributed by atoms with Crippen molar-refractivity contribution in [1.82, 2.24) is 15.2 Å². The van der Waals surface area contributed by atoms with Gasteiger partial charge in [-0.25, -0.2) is 5.10 Å². The van der Waals surface area contributed by atoms with E-state index in [0.717, 1.165) is 30.0 Å². The van der Waals surface area contributed by atoms with Crippen molar-refractivity contribution in [2.45, 2.75) is 33.6 Å². The van der Waals surface area contributed by atoms with E-state index in [9.17, 15) is 0 Å². The van der Waals surface area contributed by atoms with Gasteiger partial charge in [-0.15, -0.1) is 0 Å². The molecule has 0 unspecified atom stereocenters. The Morgan fingerprint density at radius 3 is 2.88 bits per heavy atom. The highest BCUT2D eigenvalue weighted by Crippen LogP contribution is 2.24. The van der Waals surface area contributed by atoms with Crippen molar-refractivity contribution < 1.29 is 4.74 Å². The first kappa shape index (κ1) is 11.6. The molecule has 2 aromatic rings. The second kappa shape index (κ2) is 4.99. The highest BCUT2D eigenvalue weighted by Gasteiger charge is 2.07. The fourth-order valence-corrected chi connectivity index (χ4v) is 1.60. The third-order valence-corrected chi connectivity index (χ3v) is 2.75. The molecule has 1 aromatic heterocycles. The summed E-state index contributed by atoms with van der Waals surface area (Å²) in [5, 5.41) is 6.90.